The maximum absolute atomic E-state index is 11.8. The van der Waals surface area contributed by atoms with Gasteiger partial charge >= 0.3 is 23.9 Å². The van der Waals surface area contributed by atoms with Gasteiger partial charge in [0.1, 0.15) is 18.8 Å². The molecular formula is C16H24N2O10. The molecule has 158 valence electrons. The van der Waals surface area contributed by atoms with Gasteiger partial charge in [-0.1, -0.05) is 0 Å². The van der Waals surface area contributed by atoms with Gasteiger partial charge in [-0.05, 0) is 0 Å². The van der Waals surface area contributed by atoms with Gasteiger partial charge in [0, 0.05) is 27.7 Å². The van der Waals surface area contributed by atoms with Crippen molar-refractivity contribution in [2.24, 2.45) is 5.73 Å². The molecule has 1 heterocycles. The second-order valence-electron chi connectivity index (χ2n) is 5.90. The van der Waals surface area contributed by atoms with Crippen LogP contribution in [-0.4, -0.2) is 73.6 Å². The first-order valence-electron chi connectivity index (χ1n) is 8.35. The zero-order valence-electron chi connectivity index (χ0n) is 16.0. The molecule has 0 aromatic carbocycles. The summed E-state index contributed by atoms with van der Waals surface area (Å²) >= 11 is 0. The zero-order chi connectivity index (χ0) is 21.4. The minimum absolute atomic E-state index is 0.389. The third kappa shape index (κ3) is 7.12. The molecule has 1 amide bonds. The smallest absolute Gasteiger partial charge is 0.305 e. The van der Waals surface area contributed by atoms with Crippen molar-refractivity contribution in [3.8, 4) is 0 Å². The Kier molecular flexibility index (Phi) is 8.79. The van der Waals surface area contributed by atoms with E-state index >= 15 is 0 Å². The fourth-order valence-electron chi connectivity index (χ4n) is 2.56. The highest BCUT2D eigenvalue weighted by Crippen LogP contribution is 2.28. The number of nitrogens with one attached hydrogen (secondary N) is 1. The Morgan fingerprint density at radius 2 is 1.39 bits per heavy atom. The lowest BCUT2D eigenvalue weighted by Gasteiger charge is -2.44. The maximum Gasteiger partial charge on any atom is 0.305 e. The Bertz CT molecular complexity index is 623. The molecule has 0 bridgehead atoms. The Labute approximate surface area is 160 Å². The number of rotatable bonds is 7. The summed E-state index contributed by atoms with van der Waals surface area (Å²) in [6.07, 6.45) is -5.15. The van der Waals surface area contributed by atoms with Crippen LogP contribution >= 0.6 is 0 Å². The summed E-state index contributed by atoms with van der Waals surface area (Å²) in [5.41, 5.74) is 5.30. The molecule has 0 aromatic heterocycles. The molecular weight excluding hydrogens is 380 g/mol. The Morgan fingerprint density at radius 1 is 0.857 bits per heavy atom. The molecule has 1 saturated heterocycles. The number of esters is 4. The number of ether oxygens (including phenoxy) is 5. The van der Waals surface area contributed by atoms with Crippen molar-refractivity contribution >= 4 is 29.8 Å². The quantitative estimate of drug-likeness (QED) is 0.360. The molecule has 1 rings (SSSR count). The lowest BCUT2D eigenvalue weighted by atomic mass is 9.96. The van der Waals surface area contributed by atoms with Gasteiger partial charge in [0.25, 0.3) is 0 Å². The van der Waals surface area contributed by atoms with Gasteiger partial charge in [0.15, 0.2) is 12.2 Å². The molecule has 0 spiro atoms. The molecule has 2 unspecified atom stereocenters. The van der Waals surface area contributed by atoms with Crippen LogP contribution < -0.4 is 11.1 Å². The van der Waals surface area contributed by atoms with Crippen molar-refractivity contribution in [3.05, 3.63) is 0 Å². The summed E-state index contributed by atoms with van der Waals surface area (Å²) in [5.74, 6) is -3.56. The fraction of sp³-hybridized carbons (Fsp3) is 0.688. The van der Waals surface area contributed by atoms with E-state index in [0.29, 0.717) is 0 Å². The van der Waals surface area contributed by atoms with Crippen molar-refractivity contribution in [2.75, 3.05) is 13.2 Å². The Hall–Kier alpha value is -2.73. The summed E-state index contributed by atoms with van der Waals surface area (Å²) < 4.78 is 26.0. The van der Waals surface area contributed by atoms with Gasteiger partial charge in [-0.2, -0.15) is 0 Å². The summed E-state index contributed by atoms with van der Waals surface area (Å²) in [7, 11) is 0. The van der Waals surface area contributed by atoms with Gasteiger partial charge in [0.05, 0.1) is 6.54 Å². The molecule has 12 nitrogen and oxygen atoms in total. The van der Waals surface area contributed by atoms with E-state index < -0.39 is 67.0 Å². The van der Waals surface area contributed by atoms with Gasteiger partial charge < -0.3 is 34.7 Å². The number of nitrogens with two attached hydrogens (primary N) is 1. The lowest BCUT2D eigenvalue weighted by Crippen LogP contribution is -2.67. The summed E-state index contributed by atoms with van der Waals surface area (Å²) in [5, 5.41) is 2.43. The van der Waals surface area contributed by atoms with Crippen molar-refractivity contribution in [1.29, 1.82) is 0 Å². The maximum atomic E-state index is 11.8. The van der Waals surface area contributed by atoms with Crippen LogP contribution in [0, 0.1) is 0 Å². The van der Waals surface area contributed by atoms with E-state index in [0.717, 1.165) is 27.7 Å². The van der Waals surface area contributed by atoms with Crippen LogP contribution in [0.4, 0.5) is 0 Å². The van der Waals surface area contributed by atoms with E-state index in [2.05, 4.69) is 5.32 Å². The molecule has 5 atom stereocenters. The zero-order valence-corrected chi connectivity index (χ0v) is 16.0. The molecule has 0 aliphatic carbocycles. The molecule has 28 heavy (non-hydrogen) atoms. The third-order valence-electron chi connectivity index (χ3n) is 3.50. The van der Waals surface area contributed by atoms with Gasteiger partial charge in [-0.15, -0.1) is 0 Å². The molecule has 0 radical (unpaired) electrons. The van der Waals surface area contributed by atoms with E-state index in [1.807, 2.05) is 0 Å². The predicted molar refractivity (Wildman–Crippen MR) is 89.2 cm³/mol. The van der Waals surface area contributed by atoms with E-state index in [1.54, 1.807) is 0 Å². The topological polar surface area (TPSA) is 170 Å². The van der Waals surface area contributed by atoms with E-state index in [-0.39, 0.29) is 6.61 Å². The molecule has 1 aliphatic heterocycles. The molecule has 3 N–H and O–H groups in total. The first-order chi connectivity index (χ1) is 13.0. The Balaban J connectivity index is 3.31. The number of carbonyl (C=O) groups is 5. The molecule has 0 saturated carbocycles. The Morgan fingerprint density at radius 3 is 1.86 bits per heavy atom. The summed E-state index contributed by atoms with van der Waals surface area (Å²) in [6.45, 7) is 3.67. The van der Waals surface area contributed by atoms with E-state index in [1.165, 1.54) is 0 Å². The fourth-order valence-corrected chi connectivity index (χ4v) is 2.56. The minimum Gasteiger partial charge on any atom is -0.463 e. The van der Waals surface area contributed by atoms with E-state index in [9.17, 15) is 24.0 Å². The lowest BCUT2D eigenvalue weighted by molar-refractivity contribution is -0.271. The average molecular weight is 404 g/mol. The highest BCUT2D eigenvalue weighted by atomic mass is 16.7. The molecule has 12 heteroatoms. The minimum atomic E-state index is -1.43. The third-order valence-corrected chi connectivity index (χ3v) is 3.50. The monoisotopic (exact) mass is 404 g/mol. The SMILES string of the molecule is CC(=O)OCC1O[C@@H](OC(C)=O)C(NC(=O)CN)[C@H](OC(C)=O)[C@@H]1OC(C)=O. The standard InChI is InChI=1S/C16H24N2O10/c1-7(19)24-6-11-14(25-8(2)20)15(26-9(3)21)13(18-12(23)5-17)16(28-11)27-10(4)22/h11,13-16H,5-6,17H2,1-4H3,(H,18,23)/t11?,13?,14-,15+,16-/m1/s1. The predicted octanol–water partition coefficient (Wildman–Crippen LogP) is -1.86. The second-order valence-corrected chi connectivity index (χ2v) is 5.90. The van der Waals surface area contributed by atoms with Crippen LogP contribution in [0.1, 0.15) is 27.7 Å². The number of amides is 1. The summed E-state index contributed by atoms with van der Waals surface area (Å²) in [6, 6.07) is -1.23. The van der Waals surface area contributed by atoms with Crippen LogP contribution in [0.25, 0.3) is 0 Å². The second kappa shape index (κ2) is 10.6. The van der Waals surface area contributed by atoms with Crippen LogP contribution in [0.5, 0.6) is 0 Å². The average Bonchev–Trinajstić information content (AvgIpc) is 2.56. The molecule has 0 aromatic rings. The van der Waals surface area contributed by atoms with Gasteiger partial charge in [-0.3, -0.25) is 24.0 Å². The number of carbonyl (C=O) groups excluding carboxylic acids is 5. The van der Waals surface area contributed by atoms with Crippen LogP contribution in [0.3, 0.4) is 0 Å². The van der Waals surface area contributed by atoms with Crippen LogP contribution in [0.2, 0.25) is 0 Å². The van der Waals surface area contributed by atoms with Crippen molar-refractivity contribution in [2.45, 2.75) is 58.3 Å². The molecule has 1 fully saturated rings. The first kappa shape index (κ1) is 23.3. The van der Waals surface area contributed by atoms with Gasteiger partial charge in [-0.25, -0.2) is 0 Å². The highest BCUT2D eigenvalue weighted by Gasteiger charge is 2.52. The van der Waals surface area contributed by atoms with E-state index in [4.69, 9.17) is 29.4 Å². The summed E-state index contributed by atoms with van der Waals surface area (Å²) in [4.78, 5) is 57.6. The highest BCUT2D eigenvalue weighted by molar-refractivity contribution is 5.78. The van der Waals surface area contributed by atoms with Crippen LogP contribution in [-0.2, 0) is 47.7 Å². The molecule has 1 aliphatic rings. The van der Waals surface area contributed by atoms with Crippen molar-refractivity contribution in [3.63, 3.8) is 0 Å². The van der Waals surface area contributed by atoms with Crippen LogP contribution in [0.15, 0.2) is 0 Å². The largest absolute Gasteiger partial charge is 0.463 e. The normalized spacial score (nSPS) is 26.5. The number of hydrogen-bond acceptors (Lipinski definition) is 11. The van der Waals surface area contributed by atoms with Crippen molar-refractivity contribution in [1.82, 2.24) is 5.32 Å². The van der Waals surface area contributed by atoms with Gasteiger partial charge in [0.2, 0.25) is 12.2 Å². The first-order valence-corrected chi connectivity index (χ1v) is 8.35. The number of hydrogen-bond donors (Lipinski definition) is 2. The van der Waals surface area contributed by atoms with Crippen molar-refractivity contribution < 1.29 is 47.7 Å².